The van der Waals surface area contributed by atoms with Crippen LogP contribution in [0.15, 0.2) is 158 Å². The van der Waals surface area contributed by atoms with E-state index in [0.717, 1.165) is 0 Å². The van der Waals surface area contributed by atoms with Crippen molar-refractivity contribution in [3.05, 3.63) is 213 Å². The molecule has 0 saturated heterocycles. The second kappa shape index (κ2) is 13.7. The van der Waals surface area contributed by atoms with E-state index in [0.29, 0.717) is 0 Å². The van der Waals surface area contributed by atoms with Crippen LogP contribution >= 0.6 is 0 Å². The molecule has 63 heavy (non-hydrogen) atoms. The van der Waals surface area contributed by atoms with Crippen molar-refractivity contribution in [2.45, 2.75) is 85.5 Å². The monoisotopic (exact) mass is 816 g/mol. The third kappa shape index (κ3) is 5.91. The van der Waals surface area contributed by atoms with Crippen molar-refractivity contribution in [2.24, 2.45) is 0 Å². The first-order chi connectivity index (χ1) is 30.1. The molecular formula is C61H56N2. The summed E-state index contributed by atoms with van der Waals surface area (Å²) < 4.78 is 0. The minimum absolute atomic E-state index is 0.157. The summed E-state index contributed by atoms with van der Waals surface area (Å²) in [6.07, 6.45) is 0. The zero-order valence-electron chi connectivity index (χ0n) is 38.4. The Morgan fingerprint density at radius 3 is 0.698 bits per heavy atom. The quantitative estimate of drug-likeness (QED) is 0.165. The maximum absolute atomic E-state index is 2.57. The molecule has 8 aromatic carbocycles. The summed E-state index contributed by atoms with van der Waals surface area (Å²) in [5, 5.41) is 0. The largest absolute Gasteiger partial charge is 0.310 e. The Balaban J connectivity index is 0.997. The highest BCUT2D eigenvalue weighted by Crippen LogP contribution is 2.60. The first-order valence-electron chi connectivity index (χ1n) is 22.7. The molecule has 2 heteroatoms. The van der Waals surface area contributed by atoms with Gasteiger partial charge in [-0.25, -0.2) is 0 Å². The maximum Gasteiger partial charge on any atom is 0.0465 e. The molecule has 0 unspecified atom stereocenters. The number of benzene rings is 8. The molecule has 8 aromatic rings. The van der Waals surface area contributed by atoms with E-state index < -0.39 is 0 Å². The smallest absolute Gasteiger partial charge is 0.0465 e. The third-order valence-corrected chi connectivity index (χ3v) is 14.9. The van der Waals surface area contributed by atoms with E-state index in [1.165, 1.54) is 123 Å². The van der Waals surface area contributed by atoms with E-state index in [1.54, 1.807) is 0 Å². The SMILES string of the molecule is Cc1ccc(N(c2ccc(C)cc2)c2ccc3c(c2)C(C)(C)c2cc4c(cc2-3)C(C)(C)c2cc3c(cc2-4)C(C)(C)c2cc(N(c4ccc(C)cc4)c4ccc(C)cc4)ccc2-3)cc1. The van der Waals surface area contributed by atoms with Crippen LogP contribution in [0, 0.1) is 27.7 Å². The van der Waals surface area contributed by atoms with Crippen LogP contribution in [-0.4, -0.2) is 0 Å². The fraction of sp³-hybridized carbons (Fsp3) is 0.213. The van der Waals surface area contributed by atoms with Crippen molar-refractivity contribution in [3.8, 4) is 33.4 Å². The van der Waals surface area contributed by atoms with Crippen molar-refractivity contribution in [1.29, 1.82) is 0 Å². The van der Waals surface area contributed by atoms with Gasteiger partial charge in [0.2, 0.25) is 0 Å². The fourth-order valence-electron chi connectivity index (χ4n) is 11.1. The number of hydrogen-bond donors (Lipinski definition) is 0. The van der Waals surface area contributed by atoms with Gasteiger partial charge in [-0.1, -0.05) is 124 Å². The number of anilines is 6. The number of hydrogen-bond acceptors (Lipinski definition) is 2. The second-order valence-corrected chi connectivity index (χ2v) is 20.2. The van der Waals surface area contributed by atoms with E-state index in [-0.39, 0.29) is 16.2 Å². The summed E-state index contributed by atoms with van der Waals surface area (Å²) in [6.45, 7) is 23.2. The Morgan fingerprint density at radius 2 is 0.444 bits per heavy atom. The molecule has 0 aliphatic heterocycles. The first kappa shape index (κ1) is 39.2. The van der Waals surface area contributed by atoms with Crippen molar-refractivity contribution in [2.75, 3.05) is 9.80 Å². The Labute approximate surface area is 374 Å². The van der Waals surface area contributed by atoms with E-state index in [4.69, 9.17) is 0 Å². The van der Waals surface area contributed by atoms with E-state index >= 15 is 0 Å². The molecule has 3 aliphatic rings. The highest BCUT2D eigenvalue weighted by Gasteiger charge is 2.45. The van der Waals surface area contributed by atoms with Gasteiger partial charge >= 0.3 is 0 Å². The topological polar surface area (TPSA) is 6.48 Å². The van der Waals surface area contributed by atoms with Gasteiger partial charge < -0.3 is 9.80 Å². The van der Waals surface area contributed by atoms with Crippen LogP contribution in [0.3, 0.4) is 0 Å². The standard InChI is InChI=1S/C61H56N2/c1-37-11-19-41(20-12-37)62(42-21-13-38(2)14-22-42)45-27-29-47-49-33-57-51(35-55(49)59(5,6)53(47)31-45)52-36-56-50(34-58(52)61(57,9)10)48-30-28-46(32-54(48)60(56,7)8)63(43-23-15-39(3)16-24-43)44-25-17-40(4)18-26-44/h11-36H,1-10H3. The van der Waals surface area contributed by atoms with Gasteiger partial charge in [-0.05, 0) is 192 Å². The van der Waals surface area contributed by atoms with Gasteiger partial charge in [0.15, 0.2) is 0 Å². The molecular weight excluding hydrogens is 761 g/mol. The molecule has 0 spiro atoms. The molecule has 0 amide bonds. The Bertz CT molecular complexity index is 2840. The van der Waals surface area contributed by atoms with Crippen LogP contribution in [0.25, 0.3) is 33.4 Å². The zero-order valence-corrected chi connectivity index (χ0v) is 38.4. The van der Waals surface area contributed by atoms with Gasteiger partial charge in [0.25, 0.3) is 0 Å². The highest BCUT2D eigenvalue weighted by atomic mass is 15.1. The van der Waals surface area contributed by atoms with Crippen LogP contribution in [0.5, 0.6) is 0 Å². The van der Waals surface area contributed by atoms with Crippen molar-refractivity contribution >= 4 is 34.1 Å². The summed E-state index contributed by atoms with van der Waals surface area (Å²) in [5.41, 5.74) is 28.2. The first-order valence-corrected chi connectivity index (χ1v) is 22.7. The third-order valence-electron chi connectivity index (χ3n) is 14.9. The minimum atomic E-state index is -0.182. The van der Waals surface area contributed by atoms with Gasteiger partial charge in [0.05, 0.1) is 0 Å². The van der Waals surface area contributed by atoms with Crippen LogP contribution in [0.1, 0.15) is 97.2 Å². The molecule has 0 N–H and O–H groups in total. The lowest BCUT2D eigenvalue weighted by atomic mass is 9.78. The summed E-state index contributed by atoms with van der Waals surface area (Å²) >= 11 is 0. The van der Waals surface area contributed by atoms with Gasteiger partial charge in [-0.2, -0.15) is 0 Å². The Morgan fingerprint density at radius 1 is 0.238 bits per heavy atom. The molecule has 11 rings (SSSR count). The fourth-order valence-corrected chi connectivity index (χ4v) is 11.1. The Hall–Kier alpha value is -6.64. The predicted octanol–water partition coefficient (Wildman–Crippen LogP) is 16.8. The zero-order chi connectivity index (χ0) is 43.7. The average molecular weight is 817 g/mol. The molecule has 310 valence electrons. The van der Waals surface area contributed by atoms with E-state index in [9.17, 15) is 0 Å². The van der Waals surface area contributed by atoms with Crippen molar-refractivity contribution < 1.29 is 0 Å². The Kier molecular flexibility index (Phi) is 8.52. The number of fused-ring (bicyclic) bond motifs is 9. The molecule has 0 saturated carbocycles. The lowest BCUT2D eigenvalue weighted by Gasteiger charge is -2.28. The normalized spacial score (nSPS) is 15.2. The van der Waals surface area contributed by atoms with Crippen LogP contribution in [0.2, 0.25) is 0 Å². The molecule has 0 aromatic heterocycles. The van der Waals surface area contributed by atoms with Crippen LogP contribution < -0.4 is 9.80 Å². The molecule has 0 bridgehead atoms. The summed E-state index contributed by atoms with van der Waals surface area (Å²) in [5.74, 6) is 0. The van der Waals surface area contributed by atoms with Gasteiger partial charge in [-0.15, -0.1) is 0 Å². The maximum atomic E-state index is 2.57. The molecule has 0 atom stereocenters. The van der Waals surface area contributed by atoms with Gasteiger partial charge in [0.1, 0.15) is 0 Å². The van der Waals surface area contributed by atoms with Crippen LogP contribution in [0.4, 0.5) is 34.1 Å². The average Bonchev–Trinajstić information content (AvgIpc) is 3.73. The van der Waals surface area contributed by atoms with Crippen molar-refractivity contribution in [3.63, 3.8) is 0 Å². The molecule has 2 nitrogen and oxygen atoms in total. The molecule has 0 radical (unpaired) electrons. The molecule has 3 aliphatic carbocycles. The lowest BCUT2D eigenvalue weighted by molar-refractivity contribution is 0.649. The summed E-state index contributed by atoms with van der Waals surface area (Å²) in [6, 6.07) is 60.2. The van der Waals surface area contributed by atoms with Crippen LogP contribution in [-0.2, 0) is 16.2 Å². The number of nitrogens with zero attached hydrogens (tertiary/aromatic N) is 2. The number of aryl methyl sites for hydroxylation is 4. The predicted molar refractivity (Wildman–Crippen MR) is 267 cm³/mol. The lowest BCUT2D eigenvalue weighted by Crippen LogP contribution is -2.18. The minimum Gasteiger partial charge on any atom is -0.310 e. The molecule has 0 heterocycles. The molecule has 0 fully saturated rings. The van der Waals surface area contributed by atoms with Gasteiger partial charge in [-0.3, -0.25) is 0 Å². The van der Waals surface area contributed by atoms with Gasteiger partial charge in [0, 0.05) is 50.4 Å². The van der Waals surface area contributed by atoms with Crippen molar-refractivity contribution in [1.82, 2.24) is 0 Å². The summed E-state index contributed by atoms with van der Waals surface area (Å²) in [4.78, 5) is 4.81. The highest BCUT2D eigenvalue weighted by molar-refractivity contribution is 5.95. The van der Waals surface area contributed by atoms with E-state index in [2.05, 4.69) is 237 Å². The second-order valence-electron chi connectivity index (χ2n) is 20.2. The van der Waals surface area contributed by atoms with E-state index in [1.807, 2.05) is 0 Å². The summed E-state index contributed by atoms with van der Waals surface area (Å²) in [7, 11) is 0. The number of rotatable bonds is 6.